The predicted molar refractivity (Wildman–Crippen MR) is 355 cm³/mol. The van der Waals surface area contributed by atoms with Gasteiger partial charge in [-0.05, 0) is 83.1 Å². The quantitative estimate of drug-likeness (QED) is 0.0840. The molecule has 4 N–H and O–H groups in total. The van der Waals surface area contributed by atoms with Crippen molar-refractivity contribution in [3.05, 3.63) is 25.3 Å². The molecule has 5 rings (SSSR count). The maximum atomic E-state index is 11.9. The van der Waals surface area contributed by atoms with Gasteiger partial charge >= 0.3 is 60.2 Å². The highest BCUT2D eigenvalue weighted by molar-refractivity contribution is 5.96. The number of aliphatic carboxylic acids is 2. The summed E-state index contributed by atoms with van der Waals surface area (Å²) < 4.78 is 39.0. The van der Waals surface area contributed by atoms with Crippen LogP contribution in [0.4, 0.5) is 19.2 Å². The molecule has 0 radical (unpaired) electrons. The number of hydrogen-bond acceptors (Lipinski definition) is 24. The fraction of sp³-hybridized carbons (Fsp3) is 0.714. The summed E-state index contributed by atoms with van der Waals surface area (Å²) in [6.07, 6.45) is -0.232. The van der Waals surface area contributed by atoms with Gasteiger partial charge in [-0.15, -0.1) is 12.4 Å². The third kappa shape index (κ3) is 44.3. The zero-order valence-electron chi connectivity index (χ0n) is 59.5. The highest BCUT2D eigenvalue weighted by Crippen LogP contribution is 2.16. The Morgan fingerprint density at radius 3 is 0.765 bits per heavy atom. The molecule has 0 aliphatic carbocycles. The monoisotopic (exact) mass is 1420 g/mol. The smallest absolute Gasteiger partial charge is 0.410 e. The maximum Gasteiger partial charge on any atom is 0.410 e. The van der Waals surface area contributed by atoms with E-state index in [9.17, 15) is 67.1 Å². The lowest BCUT2D eigenvalue weighted by Gasteiger charge is -2.35. The third-order valence-electron chi connectivity index (χ3n) is 12.8. The lowest BCUT2D eigenvalue weighted by atomic mass is 10.2. The number of rotatable bonds is 14. The van der Waals surface area contributed by atoms with E-state index in [1.54, 1.807) is 91.7 Å². The summed E-state index contributed by atoms with van der Waals surface area (Å²) in [5, 5.41) is 22.8. The molecule has 560 valence electrons. The van der Waals surface area contributed by atoms with Crippen LogP contribution >= 0.6 is 12.4 Å². The number of amides is 8. The normalized spacial score (nSPS) is 15.3. The van der Waals surface area contributed by atoms with Gasteiger partial charge in [-0.1, -0.05) is 25.3 Å². The number of nitrogens with one attached hydrogen (secondary N) is 2. The van der Waals surface area contributed by atoms with Gasteiger partial charge < -0.3 is 97.9 Å². The van der Waals surface area contributed by atoms with E-state index in [2.05, 4.69) is 33.3 Å². The van der Waals surface area contributed by atoms with Crippen LogP contribution in [0.5, 0.6) is 0 Å². The molecule has 34 nitrogen and oxygen atoms in total. The molecule has 0 spiro atoms. The molecule has 0 saturated carbocycles. The van der Waals surface area contributed by atoms with Crippen LogP contribution in [0.15, 0.2) is 25.3 Å². The van der Waals surface area contributed by atoms with Crippen LogP contribution in [-0.4, -0.2) is 314 Å². The number of piperazine rings is 5. The number of carboxylic acid groups (broad SMARTS) is 2. The number of halogens is 1. The molecular weight excluding hydrogens is 1320 g/mol. The van der Waals surface area contributed by atoms with Crippen molar-refractivity contribution >= 4 is 96.2 Å². The van der Waals surface area contributed by atoms with Crippen molar-refractivity contribution in [3.8, 4) is 0 Å². The Bertz CT molecular complexity index is 2600. The first kappa shape index (κ1) is 91.5. The summed E-state index contributed by atoms with van der Waals surface area (Å²) in [6.45, 7) is 39.6. The van der Waals surface area contributed by atoms with Crippen LogP contribution in [0, 0.1) is 0 Å². The average Bonchev–Trinajstić information content (AvgIpc) is 0.885. The second-order valence-electron chi connectivity index (χ2n) is 25.7. The van der Waals surface area contributed by atoms with Crippen molar-refractivity contribution in [3.63, 3.8) is 0 Å². The maximum absolute atomic E-state index is 11.9. The minimum absolute atomic E-state index is 0. The molecule has 0 atom stereocenters. The summed E-state index contributed by atoms with van der Waals surface area (Å²) in [6, 6.07) is 0. The molecule has 0 unspecified atom stereocenters. The second kappa shape index (κ2) is 46.6. The lowest BCUT2D eigenvalue weighted by molar-refractivity contribution is -0.150. The standard InChI is InChI=1S/C15H24N2O5.C13H22N2O5.C12H20N2O5.C10H16N2O3.C9H18N2O2.C4H6O4.ClH/c1-5-10-21-13(19)11-12(18)16-6-8-17(9-7-16)14(20)22-15(2,3)4;1-13(2,3)20-12(18)15-7-5-14(6-8-15)10(16)9-11(17)19-4;1-12(2,3)19-11(18)14-6-4-13(5-7-14)9(15)8-10(16)17;1-2-7-15-10(14)8-9(13)12-5-3-11-4-6-12;1-9(2,3)13-8(12)11-6-4-10-5-7-11;1-8-4(7)2-3(5)6;/h5H,1,6-11H2,2-4H3;5-9H2,1-4H3;4-8H2,1-3H3,(H,16,17);2,11H,1,3-8H2;10H,4-7H2,1-3H3;2H2,1H3,(H,5,6);1H. The lowest BCUT2D eigenvalue weighted by Crippen LogP contribution is -2.51. The van der Waals surface area contributed by atoms with Gasteiger partial charge in [-0.3, -0.25) is 47.9 Å². The molecular formula is C63H107ClN10O24. The van der Waals surface area contributed by atoms with Gasteiger partial charge in [0, 0.05) is 131 Å². The summed E-state index contributed by atoms with van der Waals surface area (Å²) in [4.78, 5) is 170. The van der Waals surface area contributed by atoms with E-state index < -0.39 is 77.5 Å². The Kier molecular flexibility index (Phi) is 43.6. The highest BCUT2D eigenvalue weighted by Gasteiger charge is 2.32. The molecule has 0 aromatic heterocycles. The fourth-order valence-electron chi connectivity index (χ4n) is 8.10. The van der Waals surface area contributed by atoms with E-state index >= 15 is 0 Å². The molecule has 35 heteroatoms. The van der Waals surface area contributed by atoms with E-state index in [0.29, 0.717) is 91.6 Å². The Morgan fingerprint density at radius 1 is 0.337 bits per heavy atom. The molecule has 98 heavy (non-hydrogen) atoms. The first-order valence-corrected chi connectivity index (χ1v) is 31.6. The van der Waals surface area contributed by atoms with E-state index in [0.717, 1.165) is 46.4 Å². The minimum Gasteiger partial charge on any atom is -0.481 e. The van der Waals surface area contributed by atoms with Crippen LogP contribution in [0.2, 0.25) is 0 Å². The number of esters is 4. The largest absolute Gasteiger partial charge is 0.481 e. The van der Waals surface area contributed by atoms with Gasteiger partial charge in [-0.2, -0.15) is 0 Å². The summed E-state index contributed by atoms with van der Waals surface area (Å²) in [7, 11) is 2.39. The Balaban J connectivity index is 0. The van der Waals surface area contributed by atoms with Crippen LogP contribution < -0.4 is 10.6 Å². The minimum atomic E-state index is -1.17. The van der Waals surface area contributed by atoms with E-state index in [4.69, 9.17) is 38.6 Å². The van der Waals surface area contributed by atoms with Crippen LogP contribution in [-0.2, 0) is 85.8 Å². The first-order valence-electron chi connectivity index (χ1n) is 31.6. The van der Waals surface area contributed by atoms with Crippen LogP contribution in [0.25, 0.3) is 0 Å². The van der Waals surface area contributed by atoms with Crippen LogP contribution in [0.1, 0.15) is 115 Å². The topological polar surface area (TPSA) is 403 Å². The summed E-state index contributed by atoms with van der Waals surface area (Å²) in [5.41, 5.74) is -2.01. The van der Waals surface area contributed by atoms with Gasteiger partial charge in [-0.25, -0.2) is 19.2 Å². The van der Waals surface area contributed by atoms with Gasteiger partial charge in [0.05, 0.1) is 14.2 Å². The van der Waals surface area contributed by atoms with Gasteiger partial charge in [0.1, 0.15) is 67.7 Å². The number of hydrogen-bond donors (Lipinski definition) is 4. The molecule has 5 aliphatic rings. The van der Waals surface area contributed by atoms with E-state index in [-0.39, 0.29) is 86.5 Å². The molecule has 0 bridgehead atoms. The molecule has 5 aliphatic heterocycles. The zero-order valence-corrected chi connectivity index (χ0v) is 60.3. The van der Waals surface area contributed by atoms with Crippen molar-refractivity contribution in [1.29, 1.82) is 0 Å². The highest BCUT2D eigenvalue weighted by atomic mass is 35.5. The van der Waals surface area contributed by atoms with Crippen molar-refractivity contribution in [1.82, 2.24) is 49.8 Å². The molecule has 5 heterocycles. The fourth-order valence-corrected chi connectivity index (χ4v) is 8.10. The number of carbonyl (C=O) groups excluding carboxylic acids is 12. The average molecular weight is 1420 g/mol. The van der Waals surface area contributed by atoms with E-state index in [1.165, 1.54) is 29.1 Å². The van der Waals surface area contributed by atoms with Crippen molar-refractivity contribution in [2.45, 2.75) is 138 Å². The van der Waals surface area contributed by atoms with Crippen molar-refractivity contribution in [2.24, 2.45) is 0 Å². The van der Waals surface area contributed by atoms with Gasteiger partial charge in [0.25, 0.3) is 0 Å². The summed E-state index contributed by atoms with van der Waals surface area (Å²) >= 11 is 0. The predicted octanol–water partition coefficient (Wildman–Crippen LogP) is 2.77. The van der Waals surface area contributed by atoms with Gasteiger partial charge in [0.2, 0.25) is 23.6 Å². The van der Waals surface area contributed by atoms with Crippen LogP contribution in [0.3, 0.4) is 0 Å². The zero-order chi connectivity index (χ0) is 74.3. The SMILES string of the molecule is C=CCOC(=O)CC(=O)N1CCN(C(=O)OC(C)(C)C)CC1.C=CCOC(=O)CC(=O)N1CCNCC1.CC(C)(C)OC(=O)N1CCN(C(=O)CC(=O)O)CC1.CC(C)(C)OC(=O)N1CCNCC1.COC(=O)CC(=O)N1CCN(C(=O)OC(C)(C)C)CC1.COC(=O)CC(=O)O.Cl. The Hall–Kier alpha value is -8.53. The van der Waals surface area contributed by atoms with Crippen molar-refractivity contribution in [2.75, 3.05) is 158 Å². The molecule has 0 aromatic carbocycles. The number of methoxy groups -OCH3 is 2. The van der Waals surface area contributed by atoms with E-state index in [1.807, 2.05) is 20.8 Å². The molecule has 0 aromatic rings. The number of carboxylic acids is 2. The number of nitrogens with zero attached hydrogens (tertiary/aromatic N) is 8. The number of ether oxygens (including phenoxy) is 8. The molecule has 5 fully saturated rings. The Labute approximate surface area is 580 Å². The second-order valence-corrected chi connectivity index (χ2v) is 25.7. The summed E-state index contributed by atoms with van der Waals surface area (Å²) in [5.74, 6) is -5.79. The molecule has 8 amide bonds. The first-order chi connectivity index (χ1) is 45.0. The Morgan fingerprint density at radius 2 is 0.541 bits per heavy atom. The van der Waals surface area contributed by atoms with Gasteiger partial charge in [0.15, 0.2) is 0 Å². The number of carbonyl (C=O) groups is 14. The third-order valence-corrected chi connectivity index (χ3v) is 12.8. The molecule has 5 saturated heterocycles. The van der Waals surface area contributed by atoms with Crippen molar-refractivity contribution < 1.29 is 115 Å².